The quantitative estimate of drug-likeness (QED) is 0.738. The third kappa shape index (κ3) is 1.91. The number of hydrogen-bond donors (Lipinski definition) is 1. The summed E-state index contributed by atoms with van der Waals surface area (Å²) in [5.74, 6) is 0.641. The summed E-state index contributed by atoms with van der Waals surface area (Å²) >= 11 is 0. The van der Waals surface area contributed by atoms with Gasteiger partial charge in [0.25, 0.3) is 0 Å². The molecule has 2 saturated heterocycles. The van der Waals surface area contributed by atoms with Gasteiger partial charge in [-0.3, -0.25) is 14.9 Å². The lowest BCUT2D eigenvalue weighted by molar-refractivity contribution is -0.127. The molecule has 1 N–H and O–H groups in total. The van der Waals surface area contributed by atoms with Gasteiger partial charge >= 0.3 is 0 Å². The monoisotopic (exact) mass is 262 g/mol. The molecule has 19 heavy (non-hydrogen) atoms. The maximum absolute atomic E-state index is 11.9. The minimum absolute atomic E-state index is 0.178. The second-order valence-electron chi connectivity index (χ2n) is 4.90. The molecule has 0 radical (unpaired) electrons. The van der Waals surface area contributed by atoms with E-state index >= 15 is 0 Å². The smallest absolute Gasteiger partial charge is 0.235 e. The van der Waals surface area contributed by atoms with Gasteiger partial charge in [-0.15, -0.1) is 0 Å². The van der Waals surface area contributed by atoms with Gasteiger partial charge in [0.15, 0.2) is 0 Å². The predicted molar refractivity (Wildman–Crippen MR) is 65.6 cm³/mol. The van der Waals surface area contributed by atoms with Crippen LogP contribution in [0.5, 0.6) is 5.88 Å². The lowest BCUT2D eigenvalue weighted by Crippen LogP contribution is -2.35. The van der Waals surface area contributed by atoms with E-state index < -0.39 is 5.41 Å². The van der Waals surface area contributed by atoms with E-state index in [1.807, 2.05) is 4.90 Å². The SMILES string of the molecule is COc1ccnc(N2CC[C@]3(CC(=O)NC3=O)C2)n1. The molecule has 2 aliphatic rings. The van der Waals surface area contributed by atoms with Crippen LogP contribution in [0.1, 0.15) is 12.8 Å². The van der Waals surface area contributed by atoms with Crippen LogP contribution in [0, 0.1) is 5.41 Å². The lowest BCUT2D eigenvalue weighted by atomic mass is 9.85. The average molecular weight is 262 g/mol. The van der Waals surface area contributed by atoms with Crippen LogP contribution < -0.4 is 15.0 Å². The normalized spacial score (nSPS) is 26.1. The summed E-state index contributed by atoms with van der Waals surface area (Å²) in [7, 11) is 1.54. The fourth-order valence-corrected chi connectivity index (χ4v) is 2.66. The molecule has 1 aromatic heterocycles. The summed E-state index contributed by atoms with van der Waals surface area (Å²) in [6.07, 6.45) is 2.52. The molecule has 2 amide bonds. The Kier molecular flexibility index (Phi) is 2.62. The van der Waals surface area contributed by atoms with Crippen LogP contribution in [0.15, 0.2) is 12.3 Å². The number of nitrogens with zero attached hydrogens (tertiary/aromatic N) is 3. The predicted octanol–water partition coefficient (Wildman–Crippen LogP) is -0.272. The van der Waals surface area contributed by atoms with Crippen molar-refractivity contribution in [2.45, 2.75) is 12.8 Å². The van der Waals surface area contributed by atoms with Crippen LogP contribution in [0.2, 0.25) is 0 Å². The van der Waals surface area contributed by atoms with Gasteiger partial charge in [0.2, 0.25) is 23.6 Å². The molecule has 7 nitrogen and oxygen atoms in total. The molecule has 100 valence electrons. The topological polar surface area (TPSA) is 84.4 Å². The molecular formula is C12H14N4O3. The lowest BCUT2D eigenvalue weighted by Gasteiger charge is -2.20. The van der Waals surface area contributed by atoms with Gasteiger partial charge in [-0.1, -0.05) is 0 Å². The number of carbonyl (C=O) groups excluding carboxylic acids is 2. The first-order valence-electron chi connectivity index (χ1n) is 6.09. The summed E-state index contributed by atoms with van der Waals surface area (Å²) in [5.41, 5.74) is -0.608. The summed E-state index contributed by atoms with van der Waals surface area (Å²) in [5, 5.41) is 2.37. The molecule has 0 aliphatic carbocycles. The van der Waals surface area contributed by atoms with Crippen molar-refractivity contribution in [3.8, 4) is 5.88 Å². The fourth-order valence-electron chi connectivity index (χ4n) is 2.66. The van der Waals surface area contributed by atoms with Crippen LogP contribution in [0.4, 0.5) is 5.95 Å². The van der Waals surface area contributed by atoms with Crippen LogP contribution in [-0.2, 0) is 9.59 Å². The molecule has 1 atom stereocenters. The van der Waals surface area contributed by atoms with Gasteiger partial charge in [-0.2, -0.15) is 4.98 Å². The largest absolute Gasteiger partial charge is 0.481 e. The highest BCUT2D eigenvalue weighted by Crippen LogP contribution is 2.38. The van der Waals surface area contributed by atoms with Crippen LogP contribution in [0.3, 0.4) is 0 Å². The van der Waals surface area contributed by atoms with Gasteiger partial charge in [-0.05, 0) is 6.42 Å². The summed E-state index contributed by atoms with van der Waals surface area (Å²) in [4.78, 5) is 33.6. The number of anilines is 1. The highest BCUT2D eigenvalue weighted by molar-refractivity contribution is 6.06. The van der Waals surface area contributed by atoms with Gasteiger partial charge in [0.1, 0.15) is 0 Å². The maximum Gasteiger partial charge on any atom is 0.235 e. The van der Waals surface area contributed by atoms with Gasteiger partial charge < -0.3 is 9.64 Å². The third-order valence-electron chi connectivity index (χ3n) is 3.70. The molecule has 1 aromatic rings. The highest BCUT2D eigenvalue weighted by Gasteiger charge is 2.51. The Labute approximate surface area is 110 Å². The number of rotatable bonds is 2. The minimum Gasteiger partial charge on any atom is -0.481 e. The molecule has 2 fully saturated rings. The van der Waals surface area contributed by atoms with Crippen molar-refractivity contribution in [1.29, 1.82) is 0 Å². The second-order valence-corrected chi connectivity index (χ2v) is 4.90. The van der Waals surface area contributed by atoms with Crippen molar-refractivity contribution in [2.24, 2.45) is 5.41 Å². The Bertz CT molecular complexity index is 548. The van der Waals surface area contributed by atoms with Gasteiger partial charge in [0.05, 0.1) is 12.5 Å². The van der Waals surface area contributed by atoms with E-state index in [0.29, 0.717) is 31.3 Å². The zero-order valence-corrected chi connectivity index (χ0v) is 10.5. The first-order valence-corrected chi connectivity index (χ1v) is 6.09. The molecule has 0 aromatic carbocycles. The number of carbonyl (C=O) groups is 2. The molecular weight excluding hydrogens is 248 g/mol. The molecule has 0 bridgehead atoms. The van der Waals surface area contributed by atoms with E-state index in [2.05, 4.69) is 15.3 Å². The van der Waals surface area contributed by atoms with Crippen molar-refractivity contribution in [3.63, 3.8) is 0 Å². The summed E-state index contributed by atoms with van der Waals surface area (Å²) < 4.78 is 5.06. The molecule has 3 heterocycles. The van der Waals surface area contributed by atoms with Crippen LogP contribution >= 0.6 is 0 Å². The standard InChI is InChI=1S/C12H14N4O3/c1-19-9-2-4-13-11(15-9)16-5-3-12(7-16)6-8(17)14-10(12)18/h2,4H,3,5-7H2,1H3,(H,14,17,18)/t12-/m0/s1. The van der Waals surface area contributed by atoms with E-state index in [1.54, 1.807) is 19.4 Å². The van der Waals surface area contributed by atoms with Crippen LogP contribution in [0.25, 0.3) is 0 Å². The molecule has 3 rings (SSSR count). The molecule has 7 heteroatoms. The summed E-state index contributed by atoms with van der Waals surface area (Å²) in [6.45, 7) is 1.13. The van der Waals surface area contributed by atoms with Crippen molar-refractivity contribution in [1.82, 2.24) is 15.3 Å². The maximum atomic E-state index is 11.9. The zero-order valence-electron chi connectivity index (χ0n) is 10.5. The van der Waals surface area contributed by atoms with Gasteiger partial charge in [0, 0.05) is 31.8 Å². The van der Waals surface area contributed by atoms with Crippen molar-refractivity contribution in [2.75, 3.05) is 25.1 Å². The molecule has 0 unspecified atom stereocenters. The number of amides is 2. The number of imide groups is 1. The van der Waals surface area contributed by atoms with Gasteiger partial charge in [-0.25, -0.2) is 4.98 Å². The first-order chi connectivity index (χ1) is 9.13. The van der Waals surface area contributed by atoms with Crippen molar-refractivity contribution >= 4 is 17.8 Å². The fraction of sp³-hybridized carbons (Fsp3) is 0.500. The first kappa shape index (κ1) is 11.9. The van der Waals surface area contributed by atoms with E-state index in [4.69, 9.17) is 4.74 Å². The number of methoxy groups -OCH3 is 1. The molecule has 0 saturated carbocycles. The highest BCUT2D eigenvalue weighted by atomic mass is 16.5. The summed E-state index contributed by atoms with van der Waals surface area (Å²) in [6, 6.07) is 1.67. The Balaban J connectivity index is 1.82. The number of ether oxygens (including phenoxy) is 1. The molecule has 2 aliphatic heterocycles. The van der Waals surface area contributed by atoms with Crippen molar-refractivity contribution in [3.05, 3.63) is 12.3 Å². The Morgan fingerprint density at radius 1 is 1.47 bits per heavy atom. The number of hydrogen-bond acceptors (Lipinski definition) is 6. The molecule has 1 spiro atoms. The van der Waals surface area contributed by atoms with E-state index in [1.165, 1.54) is 0 Å². The van der Waals surface area contributed by atoms with Crippen molar-refractivity contribution < 1.29 is 14.3 Å². The zero-order chi connectivity index (χ0) is 13.5. The van der Waals surface area contributed by atoms with E-state index in [-0.39, 0.29) is 18.2 Å². The average Bonchev–Trinajstić information content (AvgIpc) is 2.95. The Hall–Kier alpha value is -2.18. The Morgan fingerprint density at radius 2 is 2.32 bits per heavy atom. The van der Waals surface area contributed by atoms with E-state index in [0.717, 1.165) is 0 Å². The number of aromatic nitrogens is 2. The minimum atomic E-state index is -0.608. The number of nitrogens with one attached hydrogen (secondary N) is 1. The third-order valence-corrected chi connectivity index (χ3v) is 3.70. The van der Waals surface area contributed by atoms with Crippen LogP contribution in [-0.4, -0.2) is 42.0 Å². The Morgan fingerprint density at radius 3 is 3.00 bits per heavy atom. The second kappa shape index (κ2) is 4.18. The van der Waals surface area contributed by atoms with E-state index in [9.17, 15) is 9.59 Å².